The average Bonchev–Trinajstić information content (AvgIpc) is 2.67. The van der Waals surface area contributed by atoms with E-state index in [1.54, 1.807) is 6.07 Å². The zero-order chi connectivity index (χ0) is 20.6. The van der Waals surface area contributed by atoms with Crippen LogP contribution in [-0.4, -0.2) is 65.2 Å². The molecule has 0 atom stereocenters. The second kappa shape index (κ2) is 11.3. The normalized spacial score (nSPS) is 16.2. The number of hydrogen-bond donors (Lipinski definition) is 2. The molecule has 0 bridgehead atoms. The molecule has 2 rings (SSSR count). The third-order valence-corrected chi connectivity index (χ3v) is 6.99. The van der Waals surface area contributed by atoms with Crippen molar-refractivity contribution in [2.75, 3.05) is 39.9 Å². The van der Waals surface area contributed by atoms with Crippen molar-refractivity contribution in [3.8, 4) is 0 Å². The molecular formula is C19H30BrN3O4S. The Bertz CT molecular complexity index is 750. The van der Waals surface area contributed by atoms with Crippen molar-refractivity contribution in [3.63, 3.8) is 0 Å². The summed E-state index contributed by atoms with van der Waals surface area (Å²) in [4.78, 5) is 15.2. The van der Waals surface area contributed by atoms with Crippen LogP contribution in [0.1, 0.15) is 43.0 Å². The van der Waals surface area contributed by atoms with E-state index in [2.05, 4.69) is 37.8 Å². The van der Waals surface area contributed by atoms with Gasteiger partial charge >= 0.3 is 0 Å². The molecule has 2 N–H and O–H groups in total. The monoisotopic (exact) mass is 475 g/mol. The molecule has 1 aliphatic heterocycles. The predicted octanol–water partition coefficient (Wildman–Crippen LogP) is 2.37. The Balaban J connectivity index is 2.00. The summed E-state index contributed by atoms with van der Waals surface area (Å²) in [5, 5.41) is 3.05. The SMILES string of the molecule is CCCCN1CCC(NC(=O)c2cc(S(=O)(=O)NCCOC)ccc2Br)CC1. The van der Waals surface area contributed by atoms with Crippen LogP contribution in [0.4, 0.5) is 0 Å². The van der Waals surface area contributed by atoms with Crippen LogP contribution in [0.25, 0.3) is 0 Å². The predicted molar refractivity (Wildman–Crippen MR) is 113 cm³/mol. The average molecular weight is 476 g/mol. The number of sulfonamides is 1. The lowest BCUT2D eigenvalue weighted by molar-refractivity contribution is 0.0910. The lowest BCUT2D eigenvalue weighted by Crippen LogP contribution is -2.44. The first kappa shape index (κ1) is 23.3. The van der Waals surface area contributed by atoms with E-state index < -0.39 is 10.0 Å². The molecule has 9 heteroatoms. The number of rotatable bonds is 10. The summed E-state index contributed by atoms with van der Waals surface area (Å²) >= 11 is 3.36. The van der Waals surface area contributed by atoms with E-state index in [1.165, 1.54) is 32.1 Å². The molecule has 158 valence electrons. The number of hydrogen-bond acceptors (Lipinski definition) is 5. The third-order valence-electron chi connectivity index (χ3n) is 4.84. The fraction of sp³-hybridized carbons (Fsp3) is 0.632. The molecule has 1 heterocycles. The molecule has 1 aliphatic rings. The van der Waals surface area contributed by atoms with Gasteiger partial charge in [-0.25, -0.2) is 13.1 Å². The van der Waals surface area contributed by atoms with Gasteiger partial charge in [-0.05, 0) is 59.9 Å². The molecule has 1 fully saturated rings. The molecule has 1 aromatic rings. The van der Waals surface area contributed by atoms with Crippen LogP contribution >= 0.6 is 15.9 Å². The summed E-state index contributed by atoms with van der Waals surface area (Å²) < 4.78 is 32.7. The first-order valence-electron chi connectivity index (χ1n) is 9.68. The summed E-state index contributed by atoms with van der Waals surface area (Å²) in [6.45, 7) is 5.70. The van der Waals surface area contributed by atoms with Gasteiger partial charge in [0.25, 0.3) is 5.91 Å². The quantitative estimate of drug-likeness (QED) is 0.507. The number of halogens is 1. The maximum Gasteiger partial charge on any atom is 0.252 e. The van der Waals surface area contributed by atoms with Crippen molar-refractivity contribution >= 4 is 31.9 Å². The summed E-state index contributed by atoms with van der Waals surface area (Å²) in [6, 6.07) is 4.58. The summed E-state index contributed by atoms with van der Waals surface area (Å²) in [6.07, 6.45) is 4.20. The number of methoxy groups -OCH3 is 1. The standard InChI is InChI=1S/C19H30BrN3O4S/c1-3-4-10-23-11-7-15(8-12-23)22-19(24)17-14-16(5-6-18(17)20)28(25,26)21-9-13-27-2/h5-6,14-15,21H,3-4,7-13H2,1-2H3,(H,22,24). The molecule has 1 amide bonds. The van der Waals surface area contributed by atoms with Crippen molar-refractivity contribution in [2.45, 2.75) is 43.5 Å². The van der Waals surface area contributed by atoms with E-state index in [0.717, 1.165) is 32.5 Å². The van der Waals surface area contributed by atoms with Crippen molar-refractivity contribution in [2.24, 2.45) is 0 Å². The Labute approximate surface area is 176 Å². The van der Waals surface area contributed by atoms with Crippen LogP contribution in [0.3, 0.4) is 0 Å². The molecule has 7 nitrogen and oxygen atoms in total. The molecule has 28 heavy (non-hydrogen) atoms. The van der Waals surface area contributed by atoms with Crippen LogP contribution in [0.15, 0.2) is 27.6 Å². The summed E-state index contributed by atoms with van der Waals surface area (Å²) in [5.74, 6) is -0.257. The third kappa shape index (κ3) is 6.81. The number of nitrogens with one attached hydrogen (secondary N) is 2. The van der Waals surface area contributed by atoms with E-state index in [1.807, 2.05) is 0 Å². The van der Waals surface area contributed by atoms with Crippen molar-refractivity contribution < 1.29 is 17.9 Å². The number of carbonyl (C=O) groups is 1. The first-order chi connectivity index (χ1) is 13.4. The molecule has 0 spiro atoms. The van der Waals surface area contributed by atoms with Crippen LogP contribution < -0.4 is 10.0 Å². The lowest BCUT2D eigenvalue weighted by atomic mass is 10.0. The number of ether oxygens (including phenoxy) is 1. The molecule has 0 unspecified atom stereocenters. The summed E-state index contributed by atoms with van der Waals surface area (Å²) in [7, 11) is -2.19. The van der Waals surface area contributed by atoms with Gasteiger partial charge in [0.1, 0.15) is 0 Å². The highest BCUT2D eigenvalue weighted by atomic mass is 79.9. The lowest BCUT2D eigenvalue weighted by Gasteiger charge is -2.32. The van der Waals surface area contributed by atoms with E-state index in [0.29, 0.717) is 10.0 Å². The number of amides is 1. The molecule has 1 saturated heterocycles. The number of likely N-dealkylation sites (tertiary alicyclic amines) is 1. The fourth-order valence-electron chi connectivity index (χ4n) is 3.15. The van der Waals surface area contributed by atoms with Crippen molar-refractivity contribution in [3.05, 3.63) is 28.2 Å². The zero-order valence-electron chi connectivity index (χ0n) is 16.5. The zero-order valence-corrected chi connectivity index (χ0v) is 18.9. The van der Waals surface area contributed by atoms with Crippen molar-refractivity contribution in [1.82, 2.24) is 14.9 Å². The van der Waals surface area contributed by atoms with Gasteiger partial charge in [-0.3, -0.25) is 4.79 Å². The van der Waals surface area contributed by atoms with Crippen LogP contribution in [-0.2, 0) is 14.8 Å². The highest BCUT2D eigenvalue weighted by molar-refractivity contribution is 9.10. The summed E-state index contributed by atoms with van der Waals surface area (Å²) in [5.41, 5.74) is 0.322. The Morgan fingerprint density at radius 3 is 2.68 bits per heavy atom. The highest BCUT2D eigenvalue weighted by Gasteiger charge is 2.23. The van der Waals surface area contributed by atoms with E-state index in [-0.39, 0.29) is 30.0 Å². The van der Waals surface area contributed by atoms with Gasteiger partial charge in [-0.2, -0.15) is 0 Å². The number of nitrogens with zero attached hydrogens (tertiary/aromatic N) is 1. The van der Waals surface area contributed by atoms with Crippen molar-refractivity contribution in [1.29, 1.82) is 0 Å². The van der Waals surface area contributed by atoms with Gasteiger partial charge in [-0.1, -0.05) is 13.3 Å². The van der Waals surface area contributed by atoms with E-state index >= 15 is 0 Å². The molecule has 0 aliphatic carbocycles. The van der Waals surface area contributed by atoms with Gasteiger partial charge in [0.15, 0.2) is 0 Å². The maximum absolute atomic E-state index is 12.7. The van der Waals surface area contributed by atoms with Crippen LogP contribution in [0.2, 0.25) is 0 Å². The van der Waals surface area contributed by atoms with Gasteiger partial charge < -0.3 is 15.0 Å². The van der Waals surface area contributed by atoms with Gasteiger partial charge in [0, 0.05) is 37.3 Å². The molecule has 0 saturated carbocycles. The van der Waals surface area contributed by atoms with Gasteiger partial charge in [0.2, 0.25) is 10.0 Å². The minimum absolute atomic E-state index is 0.0614. The Hall–Kier alpha value is -1.00. The van der Waals surface area contributed by atoms with E-state index in [9.17, 15) is 13.2 Å². The minimum atomic E-state index is -3.69. The largest absolute Gasteiger partial charge is 0.383 e. The Morgan fingerprint density at radius 2 is 2.04 bits per heavy atom. The number of unbranched alkanes of at least 4 members (excludes halogenated alkanes) is 1. The smallest absolute Gasteiger partial charge is 0.252 e. The minimum Gasteiger partial charge on any atom is -0.383 e. The maximum atomic E-state index is 12.7. The number of piperidine rings is 1. The molecule has 0 aromatic heterocycles. The first-order valence-corrected chi connectivity index (χ1v) is 12.0. The molecule has 1 aromatic carbocycles. The second-order valence-corrected chi connectivity index (χ2v) is 9.60. The topological polar surface area (TPSA) is 87.7 Å². The van der Waals surface area contributed by atoms with Crippen LogP contribution in [0.5, 0.6) is 0 Å². The van der Waals surface area contributed by atoms with Gasteiger partial charge in [0.05, 0.1) is 17.1 Å². The fourth-order valence-corrected chi connectivity index (χ4v) is 4.62. The molecule has 0 radical (unpaired) electrons. The highest BCUT2D eigenvalue weighted by Crippen LogP contribution is 2.22. The van der Waals surface area contributed by atoms with Crippen LogP contribution in [0, 0.1) is 0 Å². The molecular weight excluding hydrogens is 446 g/mol. The number of carbonyl (C=O) groups excluding carboxylic acids is 1. The second-order valence-electron chi connectivity index (χ2n) is 6.98. The Morgan fingerprint density at radius 1 is 1.32 bits per heavy atom. The van der Waals surface area contributed by atoms with E-state index in [4.69, 9.17) is 4.74 Å². The van der Waals surface area contributed by atoms with Gasteiger partial charge in [-0.15, -0.1) is 0 Å². The number of benzene rings is 1. The Kier molecular flexibility index (Phi) is 9.36.